The van der Waals surface area contributed by atoms with Gasteiger partial charge in [0.25, 0.3) is 0 Å². The van der Waals surface area contributed by atoms with Crippen LogP contribution in [-0.4, -0.2) is 59.5 Å². The summed E-state index contributed by atoms with van der Waals surface area (Å²) in [5.74, 6) is 0.0833. The molecule has 1 fully saturated rings. The molecule has 1 amide bonds. The number of rotatable bonds is 6. The lowest BCUT2D eigenvalue weighted by Crippen LogP contribution is -2.41. The molecule has 154 valence electrons. The molecule has 0 spiro atoms. The number of nitrogens with zero attached hydrogens (tertiary/aromatic N) is 3. The molecular weight excluding hydrogens is 364 g/mol. The Hall–Kier alpha value is -2.44. The number of aryl methyl sites for hydroxylation is 2. The maximum Gasteiger partial charge on any atom is 0.234 e. The van der Waals surface area contributed by atoms with Crippen molar-refractivity contribution in [1.29, 1.82) is 0 Å². The SMILES string of the molecule is Cc1ccc(-n2cc(C3=CCN(CC(=O)NC[C@H]4CCCO4)CC3)cn2)cc1C. The van der Waals surface area contributed by atoms with Crippen molar-refractivity contribution in [3.63, 3.8) is 0 Å². The van der Waals surface area contributed by atoms with Crippen LogP contribution in [0.4, 0.5) is 0 Å². The predicted molar refractivity (Wildman–Crippen MR) is 114 cm³/mol. The lowest BCUT2D eigenvalue weighted by Gasteiger charge is -2.25. The van der Waals surface area contributed by atoms with E-state index in [1.165, 1.54) is 16.7 Å². The number of carbonyl (C=O) groups is 1. The smallest absolute Gasteiger partial charge is 0.234 e. The Morgan fingerprint density at radius 1 is 1.31 bits per heavy atom. The van der Waals surface area contributed by atoms with Crippen molar-refractivity contribution >= 4 is 11.5 Å². The fourth-order valence-electron chi connectivity index (χ4n) is 3.91. The maximum absolute atomic E-state index is 12.2. The summed E-state index contributed by atoms with van der Waals surface area (Å²) in [4.78, 5) is 14.4. The summed E-state index contributed by atoms with van der Waals surface area (Å²) in [6.45, 7) is 7.81. The van der Waals surface area contributed by atoms with Gasteiger partial charge in [-0.2, -0.15) is 5.10 Å². The molecule has 29 heavy (non-hydrogen) atoms. The van der Waals surface area contributed by atoms with E-state index in [4.69, 9.17) is 4.74 Å². The molecule has 1 aromatic carbocycles. The molecule has 1 saturated heterocycles. The van der Waals surface area contributed by atoms with Crippen LogP contribution in [0.1, 0.15) is 36.0 Å². The number of nitrogens with one attached hydrogen (secondary N) is 1. The van der Waals surface area contributed by atoms with Gasteiger partial charge in [0.15, 0.2) is 0 Å². The van der Waals surface area contributed by atoms with E-state index in [2.05, 4.69) is 59.6 Å². The molecule has 0 radical (unpaired) electrons. The summed E-state index contributed by atoms with van der Waals surface area (Å²) in [5.41, 5.74) is 6.10. The van der Waals surface area contributed by atoms with E-state index in [0.717, 1.165) is 50.2 Å². The summed E-state index contributed by atoms with van der Waals surface area (Å²) >= 11 is 0. The van der Waals surface area contributed by atoms with Crippen LogP contribution in [0.25, 0.3) is 11.3 Å². The zero-order valence-corrected chi connectivity index (χ0v) is 17.4. The first-order valence-electron chi connectivity index (χ1n) is 10.5. The number of aromatic nitrogens is 2. The van der Waals surface area contributed by atoms with Gasteiger partial charge < -0.3 is 10.1 Å². The van der Waals surface area contributed by atoms with Gasteiger partial charge in [-0.1, -0.05) is 12.1 Å². The highest BCUT2D eigenvalue weighted by molar-refractivity contribution is 5.78. The zero-order chi connectivity index (χ0) is 20.2. The molecule has 6 nitrogen and oxygen atoms in total. The Bertz CT molecular complexity index is 896. The van der Waals surface area contributed by atoms with Crippen LogP contribution in [0.5, 0.6) is 0 Å². The van der Waals surface area contributed by atoms with Crippen LogP contribution in [0.15, 0.2) is 36.7 Å². The van der Waals surface area contributed by atoms with Crippen LogP contribution in [0.3, 0.4) is 0 Å². The zero-order valence-electron chi connectivity index (χ0n) is 17.4. The Labute approximate surface area is 172 Å². The van der Waals surface area contributed by atoms with Crippen LogP contribution in [-0.2, 0) is 9.53 Å². The lowest BCUT2D eigenvalue weighted by atomic mass is 10.0. The number of ether oxygens (including phenoxy) is 1. The van der Waals surface area contributed by atoms with E-state index in [1.54, 1.807) is 0 Å². The van der Waals surface area contributed by atoms with E-state index in [9.17, 15) is 4.79 Å². The van der Waals surface area contributed by atoms with Crippen LogP contribution >= 0.6 is 0 Å². The van der Waals surface area contributed by atoms with Gasteiger partial charge in [-0.3, -0.25) is 9.69 Å². The highest BCUT2D eigenvalue weighted by Gasteiger charge is 2.19. The van der Waals surface area contributed by atoms with Crippen molar-refractivity contribution in [3.05, 3.63) is 53.4 Å². The average Bonchev–Trinajstić information content (AvgIpc) is 3.41. The molecule has 2 aliphatic rings. The van der Waals surface area contributed by atoms with E-state index >= 15 is 0 Å². The van der Waals surface area contributed by atoms with Crippen LogP contribution in [0.2, 0.25) is 0 Å². The molecule has 1 atom stereocenters. The molecule has 0 saturated carbocycles. The van der Waals surface area contributed by atoms with Crippen molar-refractivity contribution in [2.45, 2.75) is 39.2 Å². The van der Waals surface area contributed by atoms with Gasteiger partial charge in [0, 0.05) is 38.0 Å². The first kappa shape index (κ1) is 19.9. The molecule has 6 heteroatoms. The second-order valence-electron chi connectivity index (χ2n) is 8.10. The average molecular weight is 395 g/mol. The highest BCUT2D eigenvalue weighted by Crippen LogP contribution is 2.23. The minimum Gasteiger partial charge on any atom is -0.376 e. The largest absolute Gasteiger partial charge is 0.376 e. The summed E-state index contributed by atoms with van der Waals surface area (Å²) in [6, 6.07) is 6.40. The third-order valence-electron chi connectivity index (χ3n) is 5.92. The van der Waals surface area contributed by atoms with Gasteiger partial charge >= 0.3 is 0 Å². The lowest BCUT2D eigenvalue weighted by molar-refractivity contribution is -0.122. The molecule has 0 unspecified atom stereocenters. The van der Waals surface area contributed by atoms with Gasteiger partial charge in [-0.25, -0.2) is 4.68 Å². The van der Waals surface area contributed by atoms with Crippen LogP contribution < -0.4 is 5.32 Å². The summed E-state index contributed by atoms with van der Waals surface area (Å²) in [5, 5.41) is 7.55. The van der Waals surface area contributed by atoms with Crippen molar-refractivity contribution in [2.24, 2.45) is 0 Å². The van der Waals surface area contributed by atoms with E-state index in [1.807, 2.05) is 10.9 Å². The Morgan fingerprint density at radius 2 is 2.21 bits per heavy atom. The first-order valence-corrected chi connectivity index (χ1v) is 10.5. The fraction of sp³-hybridized carbons (Fsp3) is 0.478. The molecular formula is C23H30N4O2. The number of benzene rings is 1. The minimum atomic E-state index is 0.0833. The Balaban J connectivity index is 1.31. The van der Waals surface area contributed by atoms with Gasteiger partial charge in [0.1, 0.15) is 0 Å². The van der Waals surface area contributed by atoms with Gasteiger partial charge in [0.2, 0.25) is 5.91 Å². The molecule has 4 rings (SSSR count). The molecule has 3 heterocycles. The quantitative estimate of drug-likeness (QED) is 0.819. The van der Waals surface area contributed by atoms with Gasteiger partial charge in [-0.05, 0) is 61.9 Å². The molecule has 2 aliphatic heterocycles. The van der Waals surface area contributed by atoms with Crippen molar-refractivity contribution in [1.82, 2.24) is 20.0 Å². The summed E-state index contributed by atoms with van der Waals surface area (Å²) in [7, 11) is 0. The van der Waals surface area contributed by atoms with Gasteiger partial charge in [0.05, 0.1) is 24.5 Å². The third-order valence-corrected chi connectivity index (χ3v) is 5.92. The van der Waals surface area contributed by atoms with E-state index in [-0.39, 0.29) is 12.0 Å². The second-order valence-corrected chi connectivity index (χ2v) is 8.10. The number of amides is 1. The normalized spacial score (nSPS) is 19.9. The molecule has 1 N–H and O–H groups in total. The van der Waals surface area contributed by atoms with Crippen molar-refractivity contribution < 1.29 is 9.53 Å². The summed E-state index contributed by atoms with van der Waals surface area (Å²) in [6.07, 6.45) is 9.52. The second kappa shape index (κ2) is 8.93. The molecule has 2 aromatic rings. The molecule has 1 aromatic heterocycles. The summed E-state index contributed by atoms with van der Waals surface area (Å²) < 4.78 is 7.49. The van der Waals surface area contributed by atoms with E-state index in [0.29, 0.717) is 13.1 Å². The molecule has 0 bridgehead atoms. The van der Waals surface area contributed by atoms with Gasteiger partial charge in [-0.15, -0.1) is 0 Å². The third kappa shape index (κ3) is 4.95. The first-order chi connectivity index (χ1) is 14.1. The van der Waals surface area contributed by atoms with Crippen molar-refractivity contribution in [3.8, 4) is 5.69 Å². The highest BCUT2D eigenvalue weighted by atomic mass is 16.5. The Morgan fingerprint density at radius 3 is 2.93 bits per heavy atom. The maximum atomic E-state index is 12.2. The number of hydrogen-bond donors (Lipinski definition) is 1. The standard InChI is InChI=1S/C23H30N4O2/c1-17-5-6-21(12-18(17)2)27-15-20(13-25-27)19-7-9-26(10-8-19)16-23(28)24-14-22-4-3-11-29-22/h5-7,12-13,15,22H,3-4,8-11,14,16H2,1-2H3,(H,24,28)/t22-/m1/s1. The monoisotopic (exact) mass is 394 g/mol. The number of carbonyl (C=O) groups excluding carboxylic acids is 1. The minimum absolute atomic E-state index is 0.0833. The van der Waals surface area contributed by atoms with Crippen LogP contribution in [0, 0.1) is 13.8 Å². The number of hydrogen-bond acceptors (Lipinski definition) is 4. The topological polar surface area (TPSA) is 59.4 Å². The Kier molecular flexibility index (Phi) is 6.11. The molecule has 0 aliphatic carbocycles. The predicted octanol–water partition coefficient (Wildman–Crippen LogP) is 2.87. The van der Waals surface area contributed by atoms with Crippen molar-refractivity contribution in [2.75, 3.05) is 32.8 Å². The fourth-order valence-corrected chi connectivity index (χ4v) is 3.91. The van der Waals surface area contributed by atoms with E-state index < -0.39 is 0 Å².